The topological polar surface area (TPSA) is 21.3 Å². The molecule has 18 heavy (non-hydrogen) atoms. The molecule has 2 rings (SSSR count). The van der Waals surface area contributed by atoms with Gasteiger partial charge in [-0.3, -0.25) is 0 Å². The van der Waals surface area contributed by atoms with Gasteiger partial charge in [0.2, 0.25) is 0 Å². The highest BCUT2D eigenvalue weighted by Crippen LogP contribution is 2.25. The van der Waals surface area contributed by atoms with Crippen LogP contribution in [-0.2, 0) is 4.74 Å². The molecule has 0 aromatic heterocycles. The summed E-state index contributed by atoms with van der Waals surface area (Å²) in [6.45, 7) is 4.22. The van der Waals surface area contributed by atoms with Crippen molar-refractivity contribution in [2.75, 3.05) is 18.5 Å². The quantitative estimate of drug-likeness (QED) is 0.765. The second-order valence-electron chi connectivity index (χ2n) is 5.41. The third-order valence-corrected chi connectivity index (χ3v) is 3.67. The lowest BCUT2D eigenvalue weighted by molar-refractivity contribution is 0.0156. The maximum absolute atomic E-state index is 5.95. The number of hydrogen-bond acceptors (Lipinski definition) is 2. The molecule has 1 aromatic carbocycles. The minimum Gasteiger partial charge on any atom is -0.385 e. The molecule has 1 aliphatic rings. The van der Waals surface area contributed by atoms with Gasteiger partial charge in [-0.1, -0.05) is 38.0 Å². The molecule has 0 bridgehead atoms. The third kappa shape index (κ3) is 4.69. The minimum atomic E-state index is 0.519. The first-order chi connectivity index (χ1) is 8.84. The van der Waals surface area contributed by atoms with Gasteiger partial charge >= 0.3 is 0 Å². The van der Waals surface area contributed by atoms with Crippen LogP contribution in [0.1, 0.15) is 39.0 Å². The Morgan fingerprint density at radius 1 is 1.22 bits per heavy atom. The van der Waals surface area contributed by atoms with Gasteiger partial charge in [0.05, 0.1) is 6.10 Å². The zero-order chi connectivity index (χ0) is 12.6. The van der Waals surface area contributed by atoms with E-state index in [4.69, 9.17) is 4.74 Å². The van der Waals surface area contributed by atoms with Crippen molar-refractivity contribution in [2.24, 2.45) is 5.92 Å². The number of nitrogens with one attached hydrogen (secondary N) is 1. The van der Waals surface area contributed by atoms with Crippen molar-refractivity contribution in [1.29, 1.82) is 0 Å². The first kappa shape index (κ1) is 13.4. The van der Waals surface area contributed by atoms with Crippen molar-refractivity contribution >= 4 is 5.69 Å². The third-order valence-electron chi connectivity index (χ3n) is 3.67. The molecular formula is C16H25NO. The van der Waals surface area contributed by atoms with Crippen molar-refractivity contribution in [2.45, 2.75) is 45.1 Å². The van der Waals surface area contributed by atoms with Gasteiger partial charge in [0.25, 0.3) is 0 Å². The molecule has 1 saturated carbocycles. The predicted octanol–water partition coefficient (Wildman–Crippen LogP) is 4.08. The maximum atomic E-state index is 5.95. The lowest BCUT2D eigenvalue weighted by Gasteiger charge is -2.26. The molecule has 1 N–H and O–H groups in total. The molecule has 2 unspecified atom stereocenters. The lowest BCUT2D eigenvalue weighted by Crippen LogP contribution is -2.22. The van der Waals surface area contributed by atoms with E-state index in [9.17, 15) is 0 Å². The van der Waals surface area contributed by atoms with Gasteiger partial charge in [0.1, 0.15) is 0 Å². The Morgan fingerprint density at radius 3 is 2.83 bits per heavy atom. The molecule has 2 heteroatoms. The minimum absolute atomic E-state index is 0.519. The second-order valence-corrected chi connectivity index (χ2v) is 5.41. The SMILES string of the molecule is CC1CCCC(OCCCNc2ccccc2)C1. The summed E-state index contributed by atoms with van der Waals surface area (Å²) in [5.41, 5.74) is 1.20. The van der Waals surface area contributed by atoms with E-state index in [2.05, 4.69) is 36.5 Å². The summed E-state index contributed by atoms with van der Waals surface area (Å²) in [5.74, 6) is 0.853. The Morgan fingerprint density at radius 2 is 2.06 bits per heavy atom. The van der Waals surface area contributed by atoms with Crippen LogP contribution in [0.25, 0.3) is 0 Å². The zero-order valence-corrected chi connectivity index (χ0v) is 11.4. The molecule has 1 aromatic rings. The molecule has 0 amide bonds. The molecular weight excluding hydrogens is 222 g/mol. The smallest absolute Gasteiger partial charge is 0.0577 e. The number of rotatable bonds is 6. The lowest BCUT2D eigenvalue weighted by atomic mass is 9.89. The molecule has 0 aliphatic heterocycles. The Labute approximate surface area is 111 Å². The monoisotopic (exact) mass is 247 g/mol. The summed E-state index contributed by atoms with van der Waals surface area (Å²) >= 11 is 0. The standard InChI is InChI=1S/C16H25NO/c1-14-7-5-10-16(13-14)18-12-6-11-17-15-8-3-2-4-9-15/h2-4,8-9,14,16-17H,5-7,10-13H2,1H3. The molecule has 2 atom stereocenters. The van der Waals surface area contributed by atoms with Crippen LogP contribution >= 0.6 is 0 Å². The molecule has 1 aliphatic carbocycles. The molecule has 1 fully saturated rings. The molecule has 0 saturated heterocycles. The van der Waals surface area contributed by atoms with Crippen LogP contribution < -0.4 is 5.32 Å². The molecule has 0 spiro atoms. The van der Waals surface area contributed by atoms with Crippen molar-refractivity contribution < 1.29 is 4.74 Å². The van der Waals surface area contributed by atoms with Gasteiger partial charge in [0, 0.05) is 18.8 Å². The number of anilines is 1. The summed E-state index contributed by atoms with van der Waals surface area (Å²) in [4.78, 5) is 0. The van der Waals surface area contributed by atoms with Gasteiger partial charge in [-0.15, -0.1) is 0 Å². The number of hydrogen-bond donors (Lipinski definition) is 1. The number of ether oxygens (including phenoxy) is 1. The van der Waals surface area contributed by atoms with E-state index < -0.39 is 0 Å². The van der Waals surface area contributed by atoms with Gasteiger partial charge in [-0.2, -0.15) is 0 Å². The Bertz CT molecular complexity index is 325. The fraction of sp³-hybridized carbons (Fsp3) is 0.625. The zero-order valence-electron chi connectivity index (χ0n) is 11.4. The highest BCUT2D eigenvalue weighted by atomic mass is 16.5. The Kier molecular flexibility index (Phi) is 5.53. The second kappa shape index (κ2) is 7.42. The van der Waals surface area contributed by atoms with Crippen LogP contribution in [0.3, 0.4) is 0 Å². The van der Waals surface area contributed by atoms with Gasteiger partial charge in [-0.05, 0) is 37.3 Å². The van der Waals surface area contributed by atoms with E-state index in [1.165, 1.54) is 31.4 Å². The molecule has 0 heterocycles. The van der Waals surface area contributed by atoms with Crippen LogP contribution in [0.4, 0.5) is 5.69 Å². The molecule has 100 valence electrons. The van der Waals surface area contributed by atoms with E-state index >= 15 is 0 Å². The average molecular weight is 247 g/mol. The van der Waals surface area contributed by atoms with Gasteiger partial charge in [-0.25, -0.2) is 0 Å². The van der Waals surface area contributed by atoms with Crippen molar-refractivity contribution in [3.8, 4) is 0 Å². The summed E-state index contributed by atoms with van der Waals surface area (Å²) in [7, 11) is 0. The van der Waals surface area contributed by atoms with E-state index in [-0.39, 0.29) is 0 Å². The first-order valence-electron chi connectivity index (χ1n) is 7.25. The highest BCUT2D eigenvalue weighted by Gasteiger charge is 2.18. The maximum Gasteiger partial charge on any atom is 0.0577 e. The molecule has 2 nitrogen and oxygen atoms in total. The summed E-state index contributed by atoms with van der Waals surface area (Å²) in [6.07, 6.45) is 6.84. The predicted molar refractivity (Wildman–Crippen MR) is 76.9 cm³/mol. The van der Waals surface area contributed by atoms with Crippen LogP contribution in [0, 0.1) is 5.92 Å². The van der Waals surface area contributed by atoms with Crippen LogP contribution in [0.2, 0.25) is 0 Å². The average Bonchev–Trinajstić information content (AvgIpc) is 2.40. The fourth-order valence-electron chi connectivity index (χ4n) is 2.64. The van der Waals surface area contributed by atoms with Crippen LogP contribution in [-0.4, -0.2) is 19.3 Å². The summed E-state index contributed by atoms with van der Waals surface area (Å²) in [5, 5.41) is 3.41. The van der Waals surface area contributed by atoms with E-state index in [1.54, 1.807) is 0 Å². The normalized spacial score (nSPS) is 23.8. The summed E-state index contributed by atoms with van der Waals surface area (Å²) in [6, 6.07) is 10.4. The van der Waals surface area contributed by atoms with Gasteiger partial charge in [0.15, 0.2) is 0 Å². The Balaban J connectivity index is 1.53. The van der Waals surface area contributed by atoms with Gasteiger partial charge < -0.3 is 10.1 Å². The van der Waals surface area contributed by atoms with Crippen molar-refractivity contribution in [1.82, 2.24) is 0 Å². The number of benzene rings is 1. The number of para-hydroxylation sites is 1. The van der Waals surface area contributed by atoms with Crippen LogP contribution in [0.5, 0.6) is 0 Å². The van der Waals surface area contributed by atoms with E-state index in [0.29, 0.717) is 6.10 Å². The van der Waals surface area contributed by atoms with Crippen molar-refractivity contribution in [3.63, 3.8) is 0 Å². The van der Waals surface area contributed by atoms with E-state index in [1.807, 2.05) is 6.07 Å². The Hall–Kier alpha value is -1.02. The highest BCUT2D eigenvalue weighted by molar-refractivity contribution is 5.42. The largest absolute Gasteiger partial charge is 0.385 e. The van der Waals surface area contributed by atoms with E-state index in [0.717, 1.165) is 25.5 Å². The molecule has 0 radical (unpaired) electrons. The van der Waals surface area contributed by atoms with Crippen molar-refractivity contribution in [3.05, 3.63) is 30.3 Å². The fourth-order valence-corrected chi connectivity index (χ4v) is 2.64. The van der Waals surface area contributed by atoms with Crippen LogP contribution in [0.15, 0.2) is 30.3 Å². The first-order valence-corrected chi connectivity index (χ1v) is 7.25. The summed E-state index contributed by atoms with van der Waals surface area (Å²) < 4.78 is 5.95.